The Hall–Kier alpha value is -2.21. The monoisotopic (exact) mass is 357 g/mol. The third-order valence-corrected chi connectivity index (χ3v) is 3.97. The lowest BCUT2D eigenvalue weighted by molar-refractivity contribution is 0.0787. The molecule has 0 radical (unpaired) electrons. The molecule has 0 unspecified atom stereocenters. The van der Waals surface area contributed by atoms with Crippen molar-refractivity contribution in [3.63, 3.8) is 0 Å². The highest BCUT2D eigenvalue weighted by atomic mass is 16.5. The number of aryl methyl sites for hydroxylation is 4. The van der Waals surface area contributed by atoms with Crippen LogP contribution in [0.25, 0.3) is 0 Å². The SMILES string of the molecule is CCc1nc(NCCCOC(C)C)nc(Nc2c(C)cc(C)cc2C)n1. The van der Waals surface area contributed by atoms with E-state index in [4.69, 9.17) is 4.74 Å². The van der Waals surface area contributed by atoms with Gasteiger partial charge in [-0.15, -0.1) is 0 Å². The van der Waals surface area contributed by atoms with Crippen molar-refractivity contribution >= 4 is 17.6 Å². The number of rotatable bonds is 9. The summed E-state index contributed by atoms with van der Waals surface area (Å²) < 4.78 is 5.56. The van der Waals surface area contributed by atoms with Gasteiger partial charge in [0.25, 0.3) is 0 Å². The zero-order valence-electron chi connectivity index (χ0n) is 16.8. The van der Waals surface area contributed by atoms with E-state index in [2.05, 4.69) is 58.5 Å². The molecule has 0 bridgehead atoms. The van der Waals surface area contributed by atoms with Gasteiger partial charge in [0.05, 0.1) is 6.10 Å². The predicted molar refractivity (Wildman–Crippen MR) is 107 cm³/mol. The first-order valence-corrected chi connectivity index (χ1v) is 9.34. The molecule has 26 heavy (non-hydrogen) atoms. The Morgan fingerprint density at radius 3 is 2.27 bits per heavy atom. The maximum absolute atomic E-state index is 5.56. The van der Waals surface area contributed by atoms with Gasteiger partial charge < -0.3 is 15.4 Å². The van der Waals surface area contributed by atoms with Crippen LogP contribution in [-0.2, 0) is 11.2 Å². The predicted octanol–water partition coefficient (Wildman–Crippen LogP) is 4.33. The van der Waals surface area contributed by atoms with E-state index in [-0.39, 0.29) is 6.10 Å². The van der Waals surface area contributed by atoms with E-state index in [9.17, 15) is 0 Å². The zero-order valence-corrected chi connectivity index (χ0v) is 16.8. The Morgan fingerprint density at radius 1 is 1.00 bits per heavy atom. The van der Waals surface area contributed by atoms with Gasteiger partial charge in [0.2, 0.25) is 11.9 Å². The van der Waals surface area contributed by atoms with Crippen molar-refractivity contribution in [1.29, 1.82) is 0 Å². The Morgan fingerprint density at radius 2 is 1.65 bits per heavy atom. The van der Waals surface area contributed by atoms with E-state index in [0.29, 0.717) is 11.9 Å². The Kier molecular flexibility index (Phi) is 7.33. The topological polar surface area (TPSA) is 72.0 Å². The first-order chi connectivity index (χ1) is 12.4. The van der Waals surface area contributed by atoms with Crippen LogP contribution in [0, 0.1) is 20.8 Å². The molecule has 1 heterocycles. The number of hydrogen-bond donors (Lipinski definition) is 2. The van der Waals surface area contributed by atoms with Crippen LogP contribution in [0.3, 0.4) is 0 Å². The summed E-state index contributed by atoms with van der Waals surface area (Å²) in [5, 5.41) is 6.65. The normalized spacial score (nSPS) is 11.0. The molecule has 0 atom stereocenters. The summed E-state index contributed by atoms with van der Waals surface area (Å²) in [4.78, 5) is 13.5. The molecule has 0 saturated carbocycles. The summed E-state index contributed by atoms with van der Waals surface area (Å²) in [6.45, 7) is 13.9. The van der Waals surface area contributed by atoms with E-state index >= 15 is 0 Å². The summed E-state index contributed by atoms with van der Waals surface area (Å²) in [5.41, 5.74) is 4.67. The fourth-order valence-electron chi connectivity index (χ4n) is 2.79. The molecule has 0 amide bonds. The molecule has 1 aromatic heterocycles. The van der Waals surface area contributed by atoms with Crippen molar-refractivity contribution in [2.75, 3.05) is 23.8 Å². The van der Waals surface area contributed by atoms with Crippen LogP contribution in [0.15, 0.2) is 12.1 Å². The third-order valence-electron chi connectivity index (χ3n) is 3.97. The first kappa shape index (κ1) is 20.1. The average Bonchev–Trinajstić information content (AvgIpc) is 2.57. The summed E-state index contributed by atoms with van der Waals surface area (Å²) in [6, 6.07) is 4.32. The van der Waals surface area contributed by atoms with Gasteiger partial charge in [-0.25, -0.2) is 0 Å². The smallest absolute Gasteiger partial charge is 0.232 e. The highest BCUT2D eigenvalue weighted by Crippen LogP contribution is 2.24. The summed E-state index contributed by atoms with van der Waals surface area (Å²) in [5.74, 6) is 1.95. The lowest BCUT2D eigenvalue weighted by Crippen LogP contribution is -2.13. The molecular formula is C20H31N5O. The molecule has 0 aliphatic heterocycles. The van der Waals surface area contributed by atoms with Crippen molar-refractivity contribution < 1.29 is 4.74 Å². The quantitative estimate of drug-likeness (QED) is 0.651. The van der Waals surface area contributed by atoms with Gasteiger partial charge in [-0.05, 0) is 52.2 Å². The second kappa shape index (κ2) is 9.48. The van der Waals surface area contributed by atoms with Crippen LogP contribution in [0.5, 0.6) is 0 Å². The van der Waals surface area contributed by atoms with Crippen molar-refractivity contribution in [3.05, 3.63) is 34.6 Å². The summed E-state index contributed by atoms with van der Waals surface area (Å²) >= 11 is 0. The van der Waals surface area contributed by atoms with Gasteiger partial charge in [-0.1, -0.05) is 24.6 Å². The van der Waals surface area contributed by atoms with E-state index < -0.39 is 0 Å². The molecule has 1 aromatic carbocycles. The zero-order chi connectivity index (χ0) is 19.1. The Bertz CT molecular complexity index is 707. The second-order valence-electron chi connectivity index (χ2n) is 6.85. The van der Waals surface area contributed by atoms with E-state index in [1.54, 1.807) is 0 Å². The van der Waals surface area contributed by atoms with Crippen LogP contribution < -0.4 is 10.6 Å². The van der Waals surface area contributed by atoms with E-state index in [1.807, 2.05) is 20.8 Å². The maximum atomic E-state index is 5.56. The fraction of sp³-hybridized carbons (Fsp3) is 0.550. The third kappa shape index (κ3) is 5.95. The molecule has 0 aliphatic rings. The van der Waals surface area contributed by atoms with Gasteiger partial charge in [-0.3, -0.25) is 0 Å². The molecule has 6 nitrogen and oxygen atoms in total. The number of hydrogen-bond acceptors (Lipinski definition) is 6. The van der Waals surface area contributed by atoms with Crippen LogP contribution in [0.1, 0.15) is 49.7 Å². The molecule has 142 valence electrons. The van der Waals surface area contributed by atoms with Gasteiger partial charge in [0.1, 0.15) is 5.82 Å². The molecule has 2 aromatic rings. The molecule has 0 saturated heterocycles. The van der Waals surface area contributed by atoms with Gasteiger partial charge in [0.15, 0.2) is 0 Å². The Balaban J connectivity index is 2.09. The van der Waals surface area contributed by atoms with Crippen LogP contribution in [0.4, 0.5) is 17.6 Å². The van der Waals surface area contributed by atoms with Gasteiger partial charge >= 0.3 is 0 Å². The van der Waals surface area contributed by atoms with Crippen LogP contribution in [0.2, 0.25) is 0 Å². The first-order valence-electron chi connectivity index (χ1n) is 9.34. The lowest BCUT2D eigenvalue weighted by atomic mass is 10.1. The van der Waals surface area contributed by atoms with Gasteiger partial charge in [-0.2, -0.15) is 15.0 Å². The Labute approximate surface area is 156 Å². The standard InChI is InChI=1S/C20H31N5O/c1-7-17-22-19(21-9-8-10-26-13(2)3)25-20(23-17)24-18-15(5)11-14(4)12-16(18)6/h11-13H,7-10H2,1-6H3,(H2,21,22,23,24,25). The molecule has 0 spiro atoms. The van der Waals surface area contributed by atoms with Crippen molar-refractivity contribution in [2.24, 2.45) is 0 Å². The van der Waals surface area contributed by atoms with E-state index in [0.717, 1.165) is 37.5 Å². The van der Waals surface area contributed by atoms with Crippen LogP contribution >= 0.6 is 0 Å². The minimum atomic E-state index is 0.260. The molecule has 2 N–H and O–H groups in total. The molecule has 0 aliphatic carbocycles. The maximum Gasteiger partial charge on any atom is 0.232 e. The summed E-state index contributed by atoms with van der Waals surface area (Å²) in [7, 11) is 0. The molecule has 2 rings (SSSR count). The molecular weight excluding hydrogens is 326 g/mol. The molecule has 0 fully saturated rings. The average molecular weight is 358 g/mol. The molecule has 6 heteroatoms. The van der Waals surface area contributed by atoms with Crippen molar-refractivity contribution in [2.45, 2.75) is 60.5 Å². The van der Waals surface area contributed by atoms with Crippen molar-refractivity contribution in [3.8, 4) is 0 Å². The minimum Gasteiger partial charge on any atom is -0.379 e. The number of benzene rings is 1. The lowest BCUT2D eigenvalue weighted by Gasteiger charge is -2.14. The number of ether oxygens (including phenoxy) is 1. The highest BCUT2D eigenvalue weighted by molar-refractivity contribution is 5.64. The highest BCUT2D eigenvalue weighted by Gasteiger charge is 2.09. The largest absolute Gasteiger partial charge is 0.379 e. The van der Waals surface area contributed by atoms with E-state index in [1.165, 1.54) is 16.7 Å². The fourth-order valence-corrected chi connectivity index (χ4v) is 2.79. The second-order valence-corrected chi connectivity index (χ2v) is 6.85. The number of nitrogens with one attached hydrogen (secondary N) is 2. The van der Waals surface area contributed by atoms with Gasteiger partial charge in [0, 0.05) is 25.3 Å². The minimum absolute atomic E-state index is 0.260. The summed E-state index contributed by atoms with van der Waals surface area (Å²) in [6.07, 6.45) is 1.93. The van der Waals surface area contributed by atoms with Crippen LogP contribution in [-0.4, -0.2) is 34.2 Å². The van der Waals surface area contributed by atoms with Crippen molar-refractivity contribution in [1.82, 2.24) is 15.0 Å². The number of anilines is 3. The number of aromatic nitrogens is 3. The number of nitrogens with zero attached hydrogens (tertiary/aromatic N) is 3.